The van der Waals surface area contributed by atoms with E-state index < -0.39 is 39.6 Å². The molecule has 1 unspecified atom stereocenters. The van der Waals surface area contributed by atoms with Gasteiger partial charge < -0.3 is 4.74 Å². The van der Waals surface area contributed by atoms with E-state index in [-0.39, 0.29) is 7.11 Å². The average Bonchev–Trinajstić information content (AvgIpc) is 2.23. The third-order valence-corrected chi connectivity index (χ3v) is 2.58. The Labute approximate surface area is 109 Å². The van der Waals surface area contributed by atoms with Gasteiger partial charge in [0.05, 0.1) is 7.11 Å². The van der Waals surface area contributed by atoms with Gasteiger partial charge in [-0.15, -0.1) is 0 Å². The molecule has 126 valence electrons. The predicted molar refractivity (Wildman–Crippen MR) is 42.9 cm³/mol. The average molecular weight is 358 g/mol. The number of carbonyl (C=O) groups excluding carboxylic acids is 1. The van der Waals surface area contributed by atoms with Crippen molar-refractivity contribution in [1.82, 2.24) is 0 Å². The third kappa shape index (κ3) is 3.33. The molecule has 0 aliphatic heterocycles. The van der Waals surface area contributed by atoms with Crippen LogP contribution in [0.3, 0.4) is 0 Å². The maximum atomic E-state index is 13.2. The number of hydrogen-bond acceptors (Lipinski definition) is 5. The van der Waals surface area contributed by atoms with Crippen molar-refractivity contribution in [3.05, 3.63) is 0 Å². The number of hydrogen-bond donors (Lipinski definition) is 0. The van der Waals surface area contributed by atoms with Gasteiger partial charge in [-0.2, -0.15) is 43.5 Å². The maximum absolute atomic E-state index is 13.2. The Morgan fingerprint density at radius 1 is 0.952 bits per heavy atom. The zero-order chi connectivity index (χ0) is 17.5. The summed E-state index contributed by atoms with van der Waals surface area (Å²) in [5.41, 5.74) is 0. The van der Waals surface area contributed by atoms with E-state index >= 15 is 0 Å². The van der Waals surface area contributed by atoms with Gasteiger partial charge in [-0.3, -0.25) is 4.74 Å². The van der Waals surface area contributed by atoms with Gasteiger partial charge in [0.2, 0.25) is 0 Å². The second kappa shape index (κ2) is 5.19. The van der Waals surface area contributed by atoms with E-state index in [1.54, 1.807) is 0 Å². The number of ether oxygens (including phenoxy) is 2. The lowest BCUT2D eigenvalue weighted by Crippen LogP contribution is -2.59. The van der Waals surface area contributed by atoms with Crippen molar-refractivity contribution >= 4 is 16.2 Å². The minimum Gasteiger partial charge on any atom is -0.465 e. The Hall–Kier alpha value is -1.25. The zero-order valence-corrected chi connectivity index (χ0v) is 10.2. The SMILES string of the molecule is COC(=O)C(F)(OC(F)(F)C(F)(F)S(=O)(=O)F)C(F)(F)F. The minimum atomic E-state index is -7.50. The Kier molecular flexibility index (Phi) is 4.88. The van der Waals surface area contributed by atoms with Gasteiger partial charge in [0.25, 0.3) is 0 Å². The van der Waals surface area contributed by atoms with Crippen LogP contribution in [0, 0.1) is 0 Å². The molecule has 0 aliphatic rings. The van der Waals surface area contributed by atoms with E-state index in [4.69, 9.17) is 0 Å². The van der Waals surface area contributed by atoms with Crippen LogP contribution in [0.25, 0.3) is 0 Å². The summed E-state index contributed by atoms with van der Waals surface area (Å²) in [4.78, 5) is 10.5. The molecular weight excluding hydrogens is 355 g/mol. The molecule has 0 fully saturated rings. The molecule has 0 saturated carbocycles. The first-order valence-corrected chi connectivity index (χ1v) is 5.56. The van der Waals surface area contributed by atoms with Crippen molar-refractivity contribution in [3.63, 3.8) is 0 Å². The van der Waals surface area contributed by atoms with Crippen LogP contribution in [-0.2, 0) is 24.5 Å². The molecule has 0 spiro atoms. The van der Waals surface area contributed by atoms with Gasteiger partial charge in [0, 0.05) is 0 Å². The molecule has 15 heteroatoms. The maximum Gasteiger partial charge on any atom is 0.464 e. The van der Waals surface area contributed by atoms with Gasteiger partial charge in [0.15, 0.2) is 0 Å². The summed E-state index contributed by atoms with van der Waals surface area (Å²) in [5, 5.41) is -6.91. The van der Waals surface area contributed by atoms with Gasteiger partial charge in [0.1, 0.15) is 0 Å². The number of halogens is 9. The summed E-state index contributed by atoms with van der Waals surface area (Å²) in [6.45, 7) is 0. The van der Waals surface area contributed by atoms with Gasteiger partial charge in [-0.05, 0) is 0 Å². The molecule has 1 atom stereocenters. The van der Waals surface area contributed by atoms with Crippen LogP contribution in [0.15, 0.2) is 0 Å². The molecule has 0 rings (SSSR count). The smallest absolute Gasteiger partial charge is 0.464 e. The second-order valence-electron chi connectivity index (χ2n) is 3.16. The van der Waals surface area contributed by atoms with Gasteiger partial charge in [-0.25, -0.2) is 4.79 Å². The first kappa shape index (κ1) is 19.8. The van der Waals surface area contributed by atoms with Crippen LogP contribution in [0.1, 0.15) is 0 Å². The monoisotopic (exact) mass is 358 g/mol. The fourth-order valence-electron chi connectivity index (χ4n) is 0.724. The third-order valence-electron chi connectivity index (χ3n) is 1.73. The quantitative estimate of drug-likeness (QED) is 0.427. The van der Waals surface area contributed by atoms with Gasteiger partial charge >= 0.3 is 39.6 Å². The molecule has 0 aliphatic carbocycles. The molecule has 0 aromatic carbocycles. The molecule has 0 saturated heterocycles. The Balaban J connectivity index is 5.93. The summed E-state index contributed by atoms with van der Waals surface area (Å²) in [6.07, 6.45) is -13.6. The van der Waals surface area contributed by atoms with E-state index in [0.717, 1.165) is 0 Å². The molecule has 0 N–H and O–H groups in total. The summed E-state index contributed by atoms with van der Waals surface area (Å²) < 4.78 is 136. The largest absolute Gasteiger partial charge is 0.465 e. The summed E-state index contributed by atoms with van der Waals surface area (Å²) in [5.74, 6) is -9.42. The molecule has 0 aromatic heterocycles. The highest BCUT2D eigenvalue weighted by atomic mass is 32.3. The Bertz CT molecular complexity index is 511. The molecule has 21 heavy (non-hydrogen) atoms. The van der Waals surface area contributed by atoms with Crippen molar-refractivity contribution in [2.45, 2.75) is 23.4 Å². The number of rotatable bonds is 5. The minimum absolute atomic E-state index is 0.0495. The van der Waals surface area contributed by atoms with Gasteiger partial charge in [-0.1, -0.05) is 3.89 Å². The van der Waals surface area contributed by atoms with E-state index in [1.165, 1.54) is 0 Å². The van der Waals surface area contributed by atoms with Crippen LogP contribution < -0.4 is 0 Å². The van der Waals surface area contributed by atoms with Crippen LogP contribution >= 0.6 is 0 Å². The lowest BCUT2D eigenvalue weighted by Gasteiger charge is -2.31. The highest BCUT2D eigenvalue weighted by Crippen LogP contribution is 2.47. The number of methoxy groups -OCH3 is 1. The van der Waals surface area contributed by atoms with E-state index in [1.807, 2.05) is 4.74 Å². The highest BCUT2D eigenvalue weighted by Gasteiger charge is 2.77. The van der Waals surface area contributed by atoms with Crippen molar-refractivity contribution < 1.29 is 61.7 Å². The number of alkyl halides is 8. The van der Waals surface area contributed by atoms with Crippen LogP contribution in [0.4, 0.5) is 39.0 Å². The lowest BCUT2D eigenvalue weighted by molar-refractivity contribution is -0.426. The van der Waals surface area contributed by atoms with E-state index in [9.17, 15) is 52.2 Å². The standard InChI is InChI=1S/C6H3F9O5S/c1-19-2(16)3(7,4(8,9)10)20-5(11,12)6(13,14)21(15,17)18/h1H3. The topological polar surface area (TPSA) is 69.7 Å². The van der Waals surface area contributed by atoms with Crippen LogP contribution in [-0.4, -0.2) is 44.9 Å². The van der Waals surface area contributed by atoms with Crippen molar-refractivity contribution in [2.75, 3.05) is 7.11 Å². The number of esters is 1. The van der Waals surface area contributed by atoms with Crippen LogP contribution in [0.2, 0.25) is 0 Å². The normalized spacial score (nSPS) is 17.2. The lowest BCUT2D eigenvalue weighted by atomic mass is 10.3. The molecule has 0 bridgehead atoms. The fourth-order valence-corrected chi connectivity index (χ4v) is 1.05. The Morgan fingerprint density at radius 3 is 1.57 bits per heavy atom. The molecular formula is C6H3F9O5S. The first-order valence-electron chi connectivity index (χ1n) is 4.18. The fraction of sp³-hybridized carbons (Fsp3) is 0.833. The predicted octanol–water partition coefficient (Wildman–Crippen LogP) is 1.89. The first-order chi connectivity index (χ1) is 8.94. The summed E-state index contributed by atoms with van der Waals surface area (Å²) in [7, 11) is -7.46. The Morgan fingerprint density at radius 2 is 1.33 bits per heavy atom. The summed E-state index contributed by atoms with van der Waals surface area (Å²) >= 11 is 0. The number of carbonyl (C=O) groups is 1. The zero-order valence-electron chi connectivity index (χ0n) is 9.35. The molecule has 5 nitrogen and oxygen atoms in total. The molecule has 0 heterocycles. The van der Waals surface area contributed by atoms with E-state index in [2.05, 4.69) is 4.74 Å². The molecule has 0 aromatic rings. The van der Waals surface area contributed by atoms with E-state index in [0.29, 0.717) is 0 Å². The molecule has 0 amide bonds. The molecule has 0 radical (unpaired) electrons. The highest BCUT2D eigenvalue weighted by molar-refractivity contribution is 7.87. The summed E-state index contributed by atoms with van der Waals surface area (Å²) in [6, 6.07) is 0. The second-order valence-corrected chi connectivity index (χ2v) is 4.55. The van der Waals surface area contributed by atoms with Crippen LogP contribution in [0.5, 0.6) is 0 Å². The van der Waals surface area contributed by atoms with Crippen molar-refractivity contribution in [3.8, 4) is 0 Å². The van der Waals surface area contributed by atoms with Crippen molar-refractivity contribution in [1.29, 1.82) is 0 Å². The van der Waals surface area contributed by atoms with Crippen molar-refractivity contribution in [2.24, 2.45) is 0 Å².